The van der Waals surface area contributed by atoms with E-state index in [1.165, 1.54) is 6.26 Å². The summed E-state index contributed by atoms with van der Waals surface area (Å²) in [4.78, 5) is 29.2. The van der Waals surface area contributed by atoms with Crippen LogP contribution in [0.4, 0.5) is 5.69 Å². The number of hydrogen-bond acceptors (Lipinski definition) is 4. The summed E-state index contributed by atoms with van der Waals surface area (Å²) >= 11 is 0. The molecule has 0 atom stereocenters. The number of pyridine rings is 1. The van der Waals surface area contributed by atoms with Crippen LogP contribution in [-0.2, 0) is 6.54 Å². The third-order valence-electron chi connectivity index (χ3n) is 4.81. The summed E-state index contributed by atoms with van der Waals surface area (Å²) in [6, 6.07) is 24.0. The highest BCUT2D eigenvalue weighted by molar-refractivity contribution is 6.02. The Hall–Kier alpha value is -4.19. The number of furan rings is 1. The third kappa shape index (κ3) is 4.87. The summed E-state index contributed by atoms with van der Waals surface area (Å²) in [7, 11) is 0. The van der Waals surface area contributed by atoms with Crippen molar-refractivity contribution in [1.29, 1.82) is 0 Å². The minimum absolute atomic E-state index is 0.181. The van der Waals surface area contributed by atoms with E-state index < -0.39 is 0 Å². The SMILES string of the molecule is Cc1nc(-c2ccccc2)ccc1C(=O)NCc1ccc(NC(=O)c2ccco2)cc1. The minimum Gasteiger partial charge on any atom is -0.459 e. The highest BCUT2D eigenvalue weighted by Crippen LogP contribution is 2.19. The van der Waals surface area contributed by atoms with Crippen molar-refractivity contribution in [2.75, 3.05) is 5.32 Å². The molecule has 4 aromatic rings. The number of nitrogens with one attached hydrogen (secondary N) is 2. The molecule has 31 heavy (non-hydrogen) atoms. The Morgan fingerprint density at radius 2 is 1.65 bits per heavy atom. The Kier molecular flexibility index (Phi) is 5.89. The molecule has 2 aromatic carbocycles. The fourth-order valence-electron chi connectivity index (χ4n) is 3.15. The number of carbonyl (C=O) groups is 2. The highest BCUT2D eigenvalue weighted by Gasteiger charge is 2.12. The topological polar surface area (TPSA) is 84.2 Å². The first kappa shape index (κ1) is 20.1. The molecule has 0 fully saturated rings. The maximum absolute atomic E-state index is 12.6. The second-order valence-electron chi connectivity index (χ2n) is 7.01. The normalized spacial score (nSPS) is 10.5. The van der Waals surface area contributed by atoms with E-state index in [0.717, 1.165) is 16.8 Å². The van der Waals surface area contributed by atoms with Gasteiger partial charge >= 0.3 is 0 Å². The summed E-state index contributed by atoms with van der Waals surface area (Å²) < 4.78 is 5.08. The lowest BCUT2D eigenvalue weighted by Crippen LogP contribution is -2.24. The maximum atomic E-state index is 12.6. The number of hydrogen-bond donors (Lipinski definition) is 2. The van der Waals surface area contributed by atoms with Gasteiger partial charge in [0.1, 0.15) is 0 Å². The second-order valence-corrected chi connectivity index (χ2v) is 7.01. The third-order valence-corrected chi connectivity index (χ3v) is 4.81. The molecule has 0 aliphatic rings. The van der Waals surface area contributed by atoms with Gasteiger partial charge in [-0.2, -0.15) is 0 Å². The summed E-state index contributed by atoms with van der Waals surface area (Å²) in [5.41, 5.74) is 4.62. The average molecular weight is 411 g/mol. The molecule has 2 N–H and O–H groups in total. The number of aromatic nitrogens is 1. The molecule has 4 rings (SSSR count). The van der Waals surface area contributed by atoms with Crippen molar-refractivity contribution >= 4 is 17.5 Å². The van der Waals surface area contributed by atoms with Crippen molar-refractivity contribution in [3.63, 3.8) is 0 Å². The summed E-state index contributed by atoms with van der Waals surface area (Å²) in [6.07, 6.45) is 1.45. The van der Waals surface area contributed by atoms with E-state index in [4.69, 9.17) is 4.42 Å². The molecule has 0 saturated heterocycles. The lowest BCUT2D eigenvalue weighted by Gasteiger charge is -2.10. The number of benzene rings is 2. The first-order chi connectivity index (χ1) is 15.1. The smallest absolute Gasteiger partial charge is 0.291 e. The average Bonchev–Trinajstić information content (AvgIpc) is 3.34. The lowest BCUT2D eigenvalue weighted by atomic mass is 10.1. The van der Waals surface area contributed by atoms with E-state index in [1.54, 1.807) is 30.3 Å². The van der Waals surface area contributed by atoms with Gasteiger partial charge in [-0.3, -0.25) is 14.6 Å². The molecule has 0 radical (unpaired) electrons. The summed E-state index contributed by atoms with van der Waals surface area (Å²) in [5, 5.41) is 5.68. The van der Waals surface area contributed by atoms with Crippen LogP contribution >= 0.6 is 0 Å². The van der Waals surface area contributed by atoms with Crippen LogP contribution in [0.25, 0.3) is 11.3 Å². The van der Waals surface area contributed by atoms with E-state index in [9.17, 15) is 9.59 Å². The Morgan fingerprint density at radius 3 is 2.32 bits per heavy atom. The molecule has 0 aliphatic heterocycles. The molecule has 2 aromatic heterocycles. The van der Waals surface area contributed by atoms with Gasteiger partial charge < -0.3 is 15.1 Å². The number of carbonyl (C=O) groups excluding carboxylic acids is 2. The van der Waals surface area contributed by atoms with E-state index in [0.29, 0.717) is 23.5 Å². The fraction of sp³-hybridized carbons (Fsp3) is 0.0800. The standard InChI is InChI=1S/C25H21N3O3/c1-17-21(13-14-22(27-17)19-6-3-2-4-7-19)24(29)26-16-18-9-11-20(12-10-18)28-25(30)23-8-5-15-31-23/h2-15H,16H2,1H3,(H,26,29)(H,28,30). The maximum Gasteiger partial charge on any atom is 0.291 e. The minimum atomic E-state index is -0.312. The number of nitrogens with zero attached hydrogens (tertiary/aromatic N) is 1. The van der Waals surface area contributed by atoms with E-state index in [2.05, 4.69) is 15.6 Å². The Morgan fingerprint density at radius 1 is 0.871 bits per heavy atom. The van der Waals surface area contributed by atoms with Crippen molar-refractivity contribution in [1.82, 2.24) is 10.3 Å². The molecule has 0 unspecified atom stereocenters. The van der Waals surface area contributed by atoms with E-state index in [-0.39, 0.29) is 17.6 Å². The van der Waals surface area contributed by atoms with Crippen molar-refractivity contribution in [2.24, 2.45) is 0 Å². The molecule has 0 bridgehead atoms. The lowest BCUT2D eigenvalue weighted by molar-refractivity contribution is 0.0948. The number of aryl methyl sites for hydroxylation is 1. The summed E-state index contributed by atoms with van der Waals surface area (Å²) in [5.74, 6) is -0.244. The van der Waals surface area contributed by atoms with Gasteiger partial charge in [-0.05, 0) is 48.9 Å². The molecular weight excluding hydrogens is 390 g/mol. The molecule has 0 spiro atoms. The second kappa shape index (κ2) is 9.09. The van der Waals surface area contributed by atoms with E-state index in [1.807, 2.05) is 55.5 Å². The zero-order chi connectivity index (χ0) is 21.6. The van der Waals surface area contributed by atoms with Gasteiger partial charge in [0.25, 0.3) is 11.8 Å². The number of amides is 2. The monoisotopic (exact) mass is 411 g/mol. The van der Waals surface area contributed by atoms with Crippen LogP contribution in [0.5, 0.6) is 0 Å². The summed E-state index contributed by atoms with van der Waals surface area (Å²) in [6.45, 7) is 2.20. The van der Waals surface area contributed by atoms with Crippen LogP contribution in [-0.4, -0.2) is 16.8 Å². The molecule has 0 aliphatic carbocycles. The molecule has 2 amide bonds. The van der Waals surface area contributed by atoms with E-state index >= 15 is 0 Å². The van der Waals surface area contributed by atoms with Gasteiger partial charge in [0.2, 0.25) is 0 Å². The molecule has 6 nitrogen and oxygen atoms in total. The van der Waals surface area contributed by atoms with Crippen LogP contribution in [0.3, 0.4) is 0 Å². The van der Waals surface area contributed by atoms with Crippen LogP contribution in [0.2, 0.25) is 0 Å². The number of anilines is 1. The molecule has 0 saturated carbocycles. The van der Waals surface area contributed by atoms with Crippen LogP contribution in [0.1, 0.15) is 32.2 Å². The Labute approximate surface area is 179 Å². The zero-order valence-electron chi connectivity index (χ0n) is 17.0. The van der Waals surface area contributed by atoms with Crippen LogP contribution < -0.4 is 10.6 Å². The molecular formula is C25H21N3O3. The van der Waals surface area contributed by atoms with Gasteiger partial charge in [-0.25, -0.2) is 0 Å². The van der Waals surface area contributed by atoms with Gasteiger partial charge in [0.05, 0.1) is 23.2 Å². The first-order valence-corrected chi connectivity index (χ1v) is 9.85. The van der Waals surface area contributed by atoms with Gasteiger partial charge in [-0.1, -0.05) is 42.5 Å². The van der Waals surface area contributed by atoms with Crippen molar-refractivity contribution < 1.29 is 14.0 Å². The molecule has 6 heteroatoms. The van der Waals surface area contributed by atoms with Crippen LogP contribution in [0, 0.1) is 6.92 Å². The quantitative estimate of drug-likeness (QED) is 0.476. The Balaban J connectivity index is 1.36. The highest BCUT2D eigenvalue weighted by atomic mass is 16.3. The Bertz CT molecular complexity index is 1180. The van der Waals surface area contributed by atoms with Gasteiger partial charge in [-0.15, -0.1) is 0 Å². The predicted octanol–water partition coefficient (Wildman–Crippen LogP) is 4.83. The fourth-order valence-corrected chi connectivity index (χ4v) is 3.15. The van der Waals surface area contributed by atoms with Gasteiger partial charge in [0, 0.05) is 17.8 Å². The van der Waals surface area contributed by atoms with Gasteiger partial charge in [0.15, 0.2) is 5.76 Å². The van der Waals surface area contributed by atoms with Crippen molar-refractivity contribution in [3.8, 4) is 11.3 Å². The molecule has 2 heterocycles. The van der Waals surface area contributed by atoms with Crippen molar-refractivity contribution in [2.45, 2.75) is 13.5 Å². The molecule has 154 valence electrons. The first-order valence-electron chi connectivity index (χ1n) is 9.85. The van der Waals surface area contributed by atoms with Crippen molar-refractivity contribution in [3.05, 3.63) is 108 Å². The van der Waals surface area contributed by atoms with Crippen LogP contribution in [0.15, 0.2) is 89.5 Å². The predicted molar refractivity (Wildman–Crippen MR) is 119 cm³/mol. The largest absolute Gasteiger partial charge is 0.459 e. The zero-order valence-corrected chi connectivity index (χ0v) is 17.0. The number of rotatable bonds is 6.